The lowest BCUT2D eigenvalue weighted by Gasteiger charge is -2.05. The third-order valence-corrected chi connectivity index (χ3v) is 2.82. The summed E-state index contributed by atoms with van der Waals surface area (Å²) in [7, 11) is -0.937. The molecule has 0 aliphatic carbocycles. The van der Waals surface area contributed by atoms with Crippen molar-refractivity contribution in [2.75, 3.05) is 25.2 Å². The highest BCUT2D eigenvalue weighted by molar-refractivity contribution is 7.84. The zero-order valence-corrected chi connectivity index (χ0v) is 10.8. The number of nitrogens with zero attached hydrogens (tertiary/aromatic N) is 1. The normalized spacial score (nSPS) is 11.2. The molecule has 1 aromatic heterocycles. The van der Waals surface area contributed by atoms with Crippen molar-refractivity contribution in [2.45, 2.75) is 0 Å². The molecule has 1 rings (SSSR count). The number of carbonyl (C=O) groups excluding carboxylic acids is 1. The summed E-state index contributed by atoms with van der Waals surface area (Å²) in [6.07, 6.45) is 4.54. The van der Waals surface area contributed by atoms with Gasteiger partial charge in [-0.3, -0.25) is 14.0 Å². The standard InChI is InChI=1S/C12H14N2O3S/c1-18(17)8-6-14-12(16)11-4-5-13-9-10(11)3-2-7-15/h4-5,9,15H,6-8H2,1H3,(H,14,16). The topological polar surface area (TPSA) is 79.3 Å². The molecule has 0 saturated carbocycles. The minimum absolute atomic E-state index is 0.273. The Morgan fingerprint density at radius 3 is 3.06 bits per heavy atom. The predicted molar refractivity (Wildman–Crippen MR) is 69.5 cm³/mol. The Bertz CT molecular complexity index is 506. The van der Waals surface area contributed by atoms with E-state index in [2.05, 4.69) is 22.1 Å². The number of aromatic nitrogens is 1. The Hall–Kier alpha value is -1.71. The van der Waals surface area contributed by atoms with Crippen molar-refractivity contribution in [3.05, 3.63) is 29.6 Å². The Balaban J connectivity index is 2.75. The molecule has 1 atom stereocenters. The Kier molecular flexibility index (Phi) is 6.05. The number of amides is 1. The van der Waals surface area contributed by atoms with Crippen molar-refractivity contribution in [1.82, 2.24) is 10.3 Å². The summed E-state index contributed by atoms with van der Waals surface area (Å²) in [5, 5.41) is 11.3. The van der Waals surface area contributed by atoms with Gasteiger partial charge >= 0.3 is 0 Å². The van der Waals surface area contributed by atoms with E-state index in [1.807, 2.05) is 0 Å². The molecule has 1 aromatic rings. The number of pyridine rings is 1. The molecule has 0 aromatic carbocycles. The Morgan fingerprint density at radius 2 is 2.39 bits per heavy atom. The van der Waals surface area contributed by atoms with Gasteiger partial charge in [-0.1, -0.05) is 11.8 Å². The van der Waals surface area contributed by atoms with Crippen LogP contribution in [0.3, 0.4) is 0 Å². The van der Waals surface area contributed by atoms with Gasteiger partial charge in [0.25, 0.3) is 5.91 Å². The first-order valence-corrected chi connectivity index (χ1v) is 7.00. The smallest absolute Gasteiger partial charge is 0.252 e. The molecule has 5 nitrogen and oxygen atoms in total. The van der Waals surface area contributed by atoms with Gasteiger partial charge in [0, 0.05) is 41.7 Å². The second-order valence-electron chi connectivity index (χ2n) is 3.41. The molecular formula is C12H14N2O3S. The van der Waals surface area contributed by atoms with Crippen LogP contribution in [0.1, 0.15) is 15.9 Å². The summed E-state index contributed by atoms with van der Waals surface area (Å²) < 4.78 is 10.9. The van der Waals surface area contributed by atoms with Gasteiger partial charge < -0.3 is 10.4 Å². The summed E-state index contributed by atoms with van der Waals surface area (Å²) >= 11 is 0. The van der Waals surface area contributed by atoms with E-state index in [-0.39, 0.29) is 12.5 Å². The molecule has 1 amide bonds. The maximum atomic E-state index is 11.8. The van der Waals surface area contributed by atoms with E-state index in [9.17, 15) is 9.00 Å². The second kappa shape index (κ2) is 7.58. The first-order valence-electron chi connectivity index (χ1n) is 5.27. The molecule has 0 aliphatic heterocycles. The van der Waals surface area contributed by atoms with Crippen LogP contribution in [0.4, 0.5) is 0 Å². The van der Waals surface area contributed by atoms with Crippen LogP contribution >= 0.6 is 0 Å². The maximum absolute atomic E-state index is 11.8. The van der Waals surface area contributed by atoms with E-state index in [1.165, 1.54) is 12.4 Å². The maximum Gasteiger partial charge on any atom is 0.252 e. The lowest BCUT2D eigenvalue weighted by molar-refractivity contribution is 0.0956. The van der Waals surface area contributed by atoms with Crippen LogP contribution in [0.2, 0.25) is 0 Å². The second-order valence-corrected chi connectivity index (χ2v) is 4.97. The average Bonchev–Trinajstić information content (AvgIpc) is 2.36. The van der Waals surface area contributed by atoms with E-state index in [4.69, 9.17) is 5.11 Å². The van der Waals surface area contributed by atoms with Crippen LogP contribution in [0, 0.1) is 11.8 Å². The number of aliphatic hydroxyl groups excluding tert-OH is 1. The van der Waals surface area contributed by atoms with Crippen LogP contribution in [0.5, 0.6) is 0 Å². The number of hydrogen-bond acceptors (Lipinski definition) is 4. The highest BCUT2D eigenvalue weighted by Gasteiger charge is 2.09. The van der Waals surface area contributed by atoms with Crippen LogP contribution < -0.4 is 5.32 Å². The van der Waals surface area contributed by atoms with Crippen molar-refractivity contribution >= 4 is 16.7 Å². The fraction of sp³-hybridized carbons (Fsp3) is 0.333. The molecule has 2 N–H and O–H groups in total. The van der Waals surface area contributed by atoms with Crippen molar-refractivity contribution < 1.29 is 14.1 Å². The molecule has 0 spiro atoms. The summed E-state index contributed by atoms with van der Waals surface area (Å²) in [5.74, 6) is 5.25. The van der Waals surface area contributed by atoms with Crippen LogP contribution in [0.15, 0.2) is 18.5 Å². The minimum atomic E-state index is -0.937. The highest BCUT2D eigenvalue weighted by atomic mass is 32.2. The molecule has 0 bridgehead atoms. The highest BCUT2D eigenvalue weighted by Crippen LogP contribution is 2.04. The number of rotatable bonds is 4. The summed E-state index contributed by atoms with van der Waals surface area (Å²) in [4.78, 5) is 15.7. The van der Waals surface area contributed by atoms with Gasteiger partial charge in [-0.2, -0.15) is 0 Å². The fourth-order valence-electron chi connectivity index (χ4n) is 1.23. The van der Waals surface area contributed by atoms with Crippen molar-refractivity contribution in [3.8, 4) is 11.8 Å². The van der Waals surface area contributed by atoms with Gasteiger partial charge in [-0.15, -0.1) is 0 Å². The number of hydrogen-bond donors (Lipinski definition) is 2. The van der Waals surface area contributed by atoms with Gasteiger partial charge in [0.1, 0.15) is 6.61 Å². The van der Waals surface area contributed by atoms with E-state index >= 15 is 0 Å². The average molecular weight is 266 g/mol. The monoisotopic (exact) mass is 266 g/mol. The third-order valence-electron chi connectivity index (χ3n) is 2.04. The molecule has 0 radical (unpaired) electrons. The first-order chi connectivity index (χ1) is 8.65. The molecule has 0 saturated heterocycles. The van der Waals surface area contributed by atoms with Crippen LogP contribution in [-0.2, 0) is 10.8 Å². The molecule has 6 heteroatoms. The molecule has 1 unspecified atom stereocenters. The zero-order chi connectivity index (χ0) is 13.4. The number of nitrogens with one attached hydrogen (secondary N) is 1. The third kappa shape index (κ3) is 4.65. The van der Waals surface area contributed by atoms with Gasteiger partial charge in [-0.25, -0.2) is 0 Å². The lowest BCUT2D eigenvalue weighted by atomic mass is 10.1. The van der Waals surface area contributed by atoms with Crippen molar-refractivity contribution in [1.29, 1.82) is 0 Å². The quantitative estimate of drug-likeness (QED) is 0.722. The Labute approximate surface area is 108 Å². The molecule has 0 aliphatic rings. The largest absolute Gasteiger partial charge is 0.384 e. The number of carbonyl (C=O) groups is 1. The number of aliphatic hydroxyl groups is 1. The van der Waals surface area contributed by atoms with Gasteiger partial charge in [0.15, 0.2) is 0 Å². The van der Waals surface area contributed by atoms with Gasteiger partial charge in [-0.05, 0) is 6.07 Å². The van der Waals surface area contributed by atoms with E-state index in [0.29, 0.717) is 23.4 Å². The predicted octanol–water partition coefficient (Wildman–Crippen LogP) is -0.466. The van der Waals surface area contributed by atoms with E-state index < -0.39 is 10.8 Å². The molecule has 18 heavy (non-hydrogen) atoms. The fourth-order valence-corrected chi connectivity index (χ4v) is 1.62. The van der Waals surface area contributed by atoms with Crippen LogP contribution in [0.25, 0.3) is 0 Å². The lowest BCUT2D eigenvalue weighted by Crippen LogP contribution is -2.28. The first kappa shape index (κ1) is 14.4. The molecule has 96 valence electrons. The SMILES string of the molecule is CS(=O)CCNC(=O)c1ccncc1C#CCO. The van der Waals surface area contributed by atoms with Crippen LogP contribution in [-0.4, -0.2) is 45.4 Å². The minimum Gasteiger partial charge on any atom is -0.384 e. The van der Waals surface area contributed by atoms with Crippen molar-refractivity contribution in [3.63, 3.8) is 0 Å². The Morgan fingerprint density at radius 1 is 1.61 bits per heavy atom. The zero-order valence-electron chi connectivity index (χ0n) is 9.97. The van der Waals surface area contributed by atoms with E-state index in [1.54, 1.807) is 12.3 Å². The summed E-state index contributed by atoms with van der Waals surface area (Å²) in [6.45, 7) is 0.0713. The molecule has 0 fully saturated rings. The molecular weight excluding hydrogens is 252 g/mol. The van der Waals surface area contributed by atoms with Gasteiger partial charge in [0.05, 0.1) is 11.1 Å². The van der Waals surface area contributed by atoms with E-state index in [0.717, 1.165) is 0 Å². The van der Waals surface area contributed by atoms with Gasteiger partial charge in [0.2, 0.25) is 0 Å². The summed E-state index contributed by atoms with van der Waals surface area (Å²) in [5.41, 5.74) is 0.856. The van der Waals surface area contributed by atoms with Crippen molar-refractivity contribution in [2.24, 2.45) is 0 Å². The summed E-state index contributed by atoms with van der Waals surface area (Å²) in [6, 6.07) is 1.56. The molecule has 1 heterocycles.